The summed E-state index contributed by atoms with van der Waals surface area (Å²) in [7, 11) is 0. The Morgan fingerprint density at radius 1 is 1.21 bits per heavy atom. The summed E-state index contributed by atoms with van der Waals surface area (Å²) < 4.78 is 5.00. The third kappa shape index (κ3) is 5.51. The number of benzene rings is 1. The maximum absolute atomic E-state index is 12.2. The average Bonchev–Trinajstić information content (AvgIpc) is 3.18. The molecule has 9 heteroatoms. The van der Waals surface area contributed by atoms with Crippen molar-refractivity contribution in [3.05, 3.63) is 30.3 Å². The van der Waals surface area contributed by atoms with E-state index in [2.05, 4.69) is 20.7 Å². The number of carbonyl (C=O) groups is 2. The third-order valence-electron chi connectivity index (χ3n) is 4.63. The lowest BCUT2D eigenvalue weighted by Gasteiger charge is -2.31. The van der Waals surface area contributed by atoms with Gasteiger partial charge in [-0.3, -0.25) is 4.79 Å². The van der Waals surface area contributed by atoms with Crippen molar-refractivity contribution in [2.24, 2.45) is 0 Å². The standard InChI is InChI=1S/C19H26N6O3/c1-2-28-19(27)24-13-10-16(11-14-24)20-17(26)9-6-12-25-22-18(21-23-25)15-7-4-3-5-8-15/h3-5,7-8,16H,2,6,9-14H2,1H3,(H,20,26). The Kier molecular flexibility index (Phi) is 6.94. The highest BCUT2D eigenvalue weighted by Crippen LogP contribution is 2.13. The summed E-state index contributed by atoms with van der Waals surface area (Å²) in [4.78, 5) is 27.1. The van der Waals surface area contributed by atoms with Crippen LogP contribution in [0.1, 0.15) is 32.6 Å². The molecule has 28 heavy (non-hydrogen) atoms. The van der Waals surface area contributed by atoms with Gasteiger partial charge < -0.3 is 15.0 Å². The first kappa shape index (κ1) is 19.8. The number of tetrazole rings is 1. The molecule has 2 amide bonds. The Hall–Kier alpha value is -2.97. The molecule has 0 aliphatic carbocycles. The van der Waals surface area contributed by atoms with Gasteiger partial charge in [-0.25, -0.2) is 4.79 Å². The van der Waals surface area contributed by atoms with Crippen LogP contribution >= 0.6 is 0 Å². The van der Waals surface area contributed by atoms with E-state index in [4.69, 9.17) is 4.74 Å². The van der Waals surface area contributed by atoms with Crippen LogP contribution in [0, 0.1) is 0 Å². The smallest absolute Gasteiger partial charge is 0.409 e. The molecule has 1 N–H and O–H groups in total. The summed E-state index contributed by atoms with van der Waals surface area (Å²) in [6.45, 7) is 3.92. The van der Waals surface area contributed by atoms with Crippen molar-refractivity contribution in [1.29, 1.82) is 0 Å². The van der Waals surface area contributed by atoms with Gasteiger partial charge in [0.15, 0.2) is 0 Å². The van der Waals surface area contributed by atoms with Crippen molar-refractivity contribution >= 4 is 12.0 Å². The van der Waals surface area contributed by atoms with E-state index in [9.17, 15) is 9.59 Å². The van der Waals surface area contributed by atoms with E-state index in [1.807, 2.05) is 30.3 Å². The van der Waals surface area contributed by atoms with Gasteiger partial charge in [-0.2, -0.15) is 4.80 Å². The molecule has 0 bridgehead atoms. The zero-order chi connectivity index (χ0) is 19.8. The van der Waals surface area contributed by atoms with E-state index < -0.39 is 0 Å². The van der Waals surface area contributed by atoms with E-state index in [0.717, 1.165) is 18.4 Å². The summed E-state index contributed by atoms with van der Waals surface area (Å²) in [6.07, 6.45) is 2.26. The number of hydrogen-bond donors (Lipinski definition) is 1. The summed E-state index contributed by atoms with van der Waals surface area (Å²) in [5.41, 5.74) is 0.917. The number of carbonyl (C=O) groups excluding carboxylic acids is 2. The van der Waals surface area contributed by atoms with Crippen molar-refractivity contribution in [2.45, 2.75) is 45.2 Å². The second-order valence-electron chi connectivity index (χ2n) is 6.71. The number of hydrogen-bond acceptors (Lipinski definition) is 6. The van der Waals surface area contributed by atoms with Crippen molar-refractivity contribution in [1.82, 2.24) is 30.4 Å². The van der Waals surface area contributed by atoms with Crippen LogP contribution in [0.15, 0.2) is 30.3 Å². The van der Waals surface area contributed by atoms with Crippen LogP contribution in [0.3, 0.4) is 0 Å². The molecule has 0 saturated carbocycles. The van der Waals surface area contributed by atoms with Crippen LogP contribution in [0.5, 0.6) is 0 Å². The Balaban J connectivity index is 1.35. The molecule has 9 nitrogen and oxygen atoms in total. The Morgan fingerprint density at radius 2 is 1.96 bits per heavy atom. The number of ether oxygens (including phenoxy) is 1. The fourth-order valence-electron chi connectivity index (χ4n) is 3.14. The first-order chi connectivity index (χ1) is 13.7. The molecule has 0 unspecified atom stereocenters. The molecular formula is C19H26N6O3. The van der Waals surface area contributed by atoms with Crippen LogP contribution in [-0.4, -0.2) is 62.8 Å². The molecule has 1 fully saturated rings. The first-order valence-electron chi connectivity index (χ1n) is 9.70. The van der Waals surface area contributed by atoms with E-state index in [1.54, 1.807) is 11.8 Å². The van der Waals surface area contributed by atoms with E-state index in [-0.39, 0.29) is 18.0 Å². The van der Waals surface area contributed by atoms with E-state index >= 15 is 0 Å². The number of aryl methyl sites for hydroxylation is 1. The number of rotatable bonds is 7. The Bertz CT molecular complexity index is 771. The molecule has 1 aromatic heterocycles. The Labute approximate surface area is 164 Å². The van der Waals surface area contributed by atoms with Gasteiger partial charge in [0.2, 0.25) is 11.7 Å². The first-order valence-corrected chi connectivity index (χ1v) is 9.70. The van der Waals surface area contributed by atoms with Crippen molar-refractivity contribution < 1.29 is 14.3 Å². The van der Waals surface area contributed by atoms with Gasteiger partial charge in [-0.15, -0.1) is 10.2 Å². The molecule has 0 atom stereocenters. The Morgan fingerprint density at radius 3 is 2.68 bits per heavy atom. The second-order valence-corrected chi connectivity index (χ2v) is 6.71. The number of nitrogens with zero attached hydrogens (tertiary/aromatic N) is 5. The highest BCUT2D eigenvalue weighted by molar-refractivity contribution is 5.76. The van der Waals surface area contributed by atoms with Crippen LogP contribution in [-0.2, 0) is 16.1 Å². The van der Waals surface area contributed by atoms with Crippen molar-refractivity contribution in [2.75, 3.05) is 19.7 Å². The van der Waals surface area contributed by atoms with Crippen LogP contribution in [0.4, 0.5) is 4.79 Å². The summed E-state index contributed by atoms with van der Waals surface area (Å²) >= 11 is 0. The predicted molar refractivity (Wildman–Crippen MR) is 102 cm³/mol. The maximum atomic E-state index is 12.2. The number of nitrogens with one attached hydrogen (secondary N) is 1. The molecular weight excluding hydrogens is 360 g/mol. The van der Waals surface area contributed by atoms with Gasteiger partial charge in [0.05, 0.1) is 13.2 Å². The minimum atomic E-state index is -0.275. The van der Waals surface area contributed by atoms with Gasteiger partial charge in [-0.1, -0.05) is 30.3 Å². The zero-order valence-electron chi connectivity index (χ0n) is 16.1. The van der Waals surface area contributed by atoms with Gasteiger partial charge in [0, 0.05) is 31.1 Å². The average molecular weight is 386 g/mol. The topological polar surface area (TPSA) is 102 Å². The van der Waals surface area contributed by atoms with Gasteiger partial charge in [0.25, 0.3) is 0 Å². The lowest BCUT2D eigenvalue weighted by atomic mass is 10.1. The number of piperidine rings is 1. The lowest BCUT2D eigenvalue weighted by Crippen LogP contribution is -2.46. The lowest BCUT2D eigenvalue weighted by molar-refractivity contribution is -0.122. The van der Waals surface area contributed by atoms with Crippen molar-refractivity contribution in [3.8, 4) is 11.4 Å². The highest BCUT2D eigenvalue weighted by Gasteiger charge is 2.24. The molecule has 2 aromatic rings. The zero-order valence-corrected chi connectivity index (χ0v) is 16.1. The third-order valence-corrected chi connectivity index (χ3v) is 4.63. The van der Waals surface area contributed by atoms with E-state index in [0.29, 0.717) is 44.9 Å². The van der Waals surface area contributed by atoms with Gasteiger partial charge in [-0.05, 0) is 31.4 Å². The number of likely N-dealkylation sites (tertiary alicyclic amines) is 1. The molecule has 2 heterocycles. The minimum absolute atomic E-state index is 0.0120. The van der Waals surface area contributed by atoms with Gasteiger partial charge in [0.1, 0.15) is 0 Å². The highest BCUT2D eigenvalue weighted by atomic mass is 16.6. The molecule has 0 radical (unpaired) electrons. The molecule has 1 aliphatic rings. The van der Waals surface area contributed by atoms with Crippen LogP contribution in [0.2, 0.25) is 0 Å². The largest absolute Gasteiger partial charge is 0.450 e. The maximum Gasteiger partial charge on any atom is 0.409 e. The fourth-order valence-corrected chi connectivity index (χ4v) is 3.14. The SMILES string of the molecule is CCOC(=O)N1CCC(NC(=O)CCCn2nnc(-c3ccccc3)n2)CC1. The van der Waals surface area contributed by atoms with Gasteiger partial charge >= 0.3 is 6.09 Å². The van der Waals surface area contributed by atoms with Crippen molar-refractivity contribution in [3.63, 3.8) is 0 Å². The normalized spacial score (nSPS) is 14.7. The fraction of sp³-hybridized carbons (Fsp3) is 0.526. The summed E-state index contributed by atoms with van der Waals surface area (Å²) in [6, 6.07) is 9.76. The molecule has 0 spiro atoms. The monoisotopic (exact) mass is 386 g/mol. The quantitative estimate of drug-likeness (QED) is 0.779. The molecule has 1 aromatic carbocycles. The van der Waals surface area contributed by atoms with Crippen LogP contribution in [0.25, 0.3) is 11.4 Å². The molecule has 3 rings (SSSR count). The molecule has 1 aliphatic heterocycles. The molecule has 1 saturated heterocycles. The van der Waals surface area contributed by atoms with Crippen LogP contribution < -0.4 is 5.32 Å². The molecule has 150 valence electrons. The second kappa shape index (κ2) is 9.82. The number of amides is 2. The summed E-state index contributed by atoms with van der Waals surface area (Å²) in [5.74, 6) is 0.594. The predicted octanol–water partition coefficient (Wildman–Crippen LogP) is 1.86. The minimum Gasteiger partial charge on any atom is -0.450 e. The summed E-state index contributed by atoms with van der Waals surface area (Å²) in [5, 5.41) is 15.5. The van der Waals surface area contributed by atoms with E-state index in [1.165, 1.54) is 4.80 Å². The number of aromatic nitrogens is 4.